The number of amides is 3. The van der Waals surface area contributed by atoms with Gasteiger partial charge in [-0.05, 0) is 90.9 Å². The number of nitriles is 1. The molecule has 1 unspecified atom stereocenters. The third-order valence-corrected chi connectivity index (χ3v) is 11.3. The Morgan fingerprint density at radius 2 is 1.41 bits per heavy atom. The highest BCUT2D eigenvalue weighted by molar-refractivity contribution is 7.10. The van der Waals surface area contributed by atoms with Gasteiger partial charge in [-0.15, -0.1) is 11.3 Å². The van der Waals surface area contributed by atoms with E-state index in [2.05, 4.69) is 28.6 Å². The minimum atomic E-state index is -0.427. The molecule has 16 heteroatoms. The molecule has 0 bridgehead atoms. The Balaban J connectivity index is 0.785. The molecule has 0 radical (unpaired) electrons. The summed E-state index contributed by atoms with van der Waals surface area (Å²) in [4.78, 5) is 43.7. The number of hydrogen-bond acceptors (Lipinski definition) is 13. The highest BCUT2D eigenvalue weighted by atomic mass is 32.1. The van der Waals surface area contributed by atoms with Crippen LogP contribution in [0.3, 0.4) is 0 Å². The number of aryl methyl sites for hydroxylation is 1. The molecule has 354 valence electrons. The number of carbonyl (C=O) groups is 3. The van der Waals surface area contributed by atoms with Gasteiger partial charge in [0.15, 0.2) is 0 Å². The van der Waals surface area contributed by atoms with Gasteiger partial charge in [0.2, 0.25) is 5.91 Å². The molecule has 1 aliphatic rings. The van der Waals surface area contributed by atoms with Crippen LogP contribution in [-0.4, -0.2) is 121 Å². The monoisotopic (exact) mass is 925 g/mol. The van der Waals surface area contributed by atoms with E-state index in [1.807, 2.05) is 78.6 Å². The van der Waals surface area contributed by atoms with Crippen LogP contribution in [0.5, 0.6) is 5.75 Å². The number of rotatable bonds is 30. The van der Waals surface area contributed by atoms with Crippen molar-refractivity contribution in [2.45, 2.75) is 58.5 Å². The lowest BCUT2D eigenvalue weighted by atomic mass is 9.93. The molecule has 3 aromatic carbocycles. The van der Waals surface area contributed by atoms with E-state index in [0.29, 0.717) is 109 Å². The summed E-state index contributed by atoms with van der Waals surface area (Å²) in [7, 11) is 0. The Morgan fingerprint density at radius 1 is 0.818 bits per heavy atom. The molecule has 2 heterocycles. The van der Waals surface area contributed by atoms with Crippen LogP contribution in [0.1, 0.15) is 72.6 Å². The number of nitrogens with one attached hydrogen (secondary N) is 2. The van der Waals surface area contributed by atoms with E-state index in [4.69, 9.17) is 33.2 Å². The molecule has 0 spiro atoms. The van der Waals surface area contributed by atoms with Crippen LogP contribution in [0, 0.1) is 11.3 Å². The fraction of sp³-hybridized carbons (Fsp3) is 0.460. The van der Waals surface area contributed by atoms with Crippen LogP contribution < -0.4 is 20.3 Å². The van der Waals surface area contributed by atoms with Crippen molar-refractivity contribution in [3.8, 4) is 22.9 Å². The van der Waals surface area contributed by atoms with E-state index in [1.165, 1.54) is 23.0 Å². The molecule has 3 amide bonds. The number of ether oxygens (including phenoxy) is 7. The molecule has 2 atom stereocenters. The summed E-state index contributed by atoms with van der Waals surface area (Å²) in [5.74, 6) is 0.169. The molecule has 0 aliphatic carbocycles. The normalized spacial score (nSPS) is 14.0. The molecule has 0 saturated heterocycles. The zero-order valence-corrected chi connectivity index (χ0v) is 39.1. The third kappa shape index (κ3) is 17.4. The van der Waals surface area contributed by atoms with Crippen molar-refractivity contribution in [1.82, 2.24) is 15.6 Å². The SMILES string of the molecule is CCCC(NC(=O)/C(C#N)=C/c1nccs1)c1ccc(OCCOCCOCCOCCOCCOCCOCCNC(=O)c2ccc(-c3ccc4c(c3)CC[C@H](C)N4C(C)=O)cc2)cc1. The summed E-state index contributed by atoms with van der Waals surface area (Å²) >= 11 is 1.36. The Hall–Kier alpha value is -5.51. The molecule has 2 N–H and O–H groups in total. The second-order valence-electron chi connectivity index (χ2n) is 15.4. The van der Waals surface area contributed by atoms with Crippen LogP contribution >= 0.6 is 11.3 Å². The summed E-state index contributed by atoms with van der Waals surface area (Å²) in [5, 5.41) is 17.8. The number of hydrogen-bond donors (Lipinski definition) is 2. The third-order valence-electron chi connectivity index (χ3n) is 10.6. The van der Waals surface area contributed by atoms with Crippen molar-refractivity contribution >= 4 is 40.8 Å². The first-order chi connectivity index (χ1) is 32.3. The van der Waals surface area contributed by atoms with Gasteiger partial charge in [-0.25, -0.2) is 4.98 Å². The van der Waals surface area contributed by atoms with Crippen LogP contribution in [0.4, 0.5) is 5.69 Å². The van der Waals surface area contributed by atoms with Crippen molar-refractivity contribution in [3.63, 3.8) is 0 Å². The second-order valence-corrected chi connectivity index (χ2v) is 16.3. The first-order valence-electron chi connectivity index (χ1n) is 22.6. The van der Waals surface area contributed by atoms with E-state index in [-0.39, 0.29) is 29.5 Å². The zero-order valence-electron chi connectivity index (χ0n) is 38.3. The van der Waals surface area contributed by atoms with E-state index in [0.717, 1.165) is 48.1 Å². The molecule has 0 fully saturated rings. The number of nitrogens with zero attached hydrogens (tertiary/aromatic N) is 3. The van der Waals surface area contributed by atoms with Crippen molar-refractivity contribution < 1.29 is 47.5 Å². The minimum Gasteiger partial charge on any atom is -0.491 e. The van der Waals surface area contributed by atoms with E-state index in [9.17, 15) is 19.6 Å². The number of fused-ring (bicyclic) bond motifs is 1. The molecule has 4 aromatic rings. The molecule has 1 aromatic heterocycles. The predicted octanol–water partition coefficient (Wildman–Crippen LogP) is 6.97. The quantitative estimate of drug-likeness (QED) is 0.0312. The molecular weight excluding hydrogens is 863 g/mol. The Bertz CT molecular complexity index is 2140. The Morgan fingerprint density at radius 3 is 1.97 bits per heavy atom. The average Bonchev–Trinajstić information content (AvgIpc) is 3.85. The summed E-state index contributed by atoms with van der Waals surface area (Å²) < 4.78 is 39.2. The van der Waals surface area contributed by atoms with Gasteiger partial charge in [0, 0.05) is 42.3 Å². The number of anilines is 1. The molecular formula is C50H63N5O10S. The van der Waals surface area contributed by atoms with Crippen LogP contribution in [0.2, 0.25) is 0 Å². The summed E-state index contributed by atoms with van der Waals surface area (Å²) in [6.07, 6.45) is 6.58. The number of thiazole rings is 1. The van der Waals surface area contributed by atoms with Crippen LogP contribution in [0.15, 0.2) is 83.9 Å². The smallest absolute Gasteiger partial charge is 0.262 e. The van der Waals surface area contributed by atoms with Crippen molar-refractivity contribution in [1.29, 1.82) is 5.26 Å². The van der Waals surface area contributed by atoms with Gasteiger partial charge >= 0.3 is 0 Å². The maximum atomic E-state index is 12.8. The average molecular weight is 926 g/mol. The van der Waals surface area contributed by atoms with Gasteiger partial charge in [-0.2, -0.15) is 5.26 Å². The second kappa shape index (κ2) is 29.2. The highest BCUT2D eigenvalue weighted by Gasteiger charge is 2.26. The Labute approximate surface area is 392 Å². The number of aromatic nitrogens is 1. The van der Waals surface area contributed by atoms with E-state index >= 15 is 0 Å². The molecule has 5 rings (SSSR count). The first kappa shape index (κ1) is 51.5. The zero-order chi connectivity index (χ0) is 46.8. The summed E-state index contributed by atoms with van der Waals surface area (Å²) in [5.41, 5.74) is 5.76. The Kier molecular flexibility index (Phi) is 22.8. The van der Waals surface area contributed by atoms with Gasteiger partial charge in [0.05, 0.1) is 85.3 Å². The molecule has 15 nitrogen and oxygen atoms in total. The maximum absolute atomic E-state index is 12.8. The van der Waals surface area contributed by atoms with Gasteiger partial charge in [0.25, 0.3) is 11.8 Å². The standard InChI is InChI=1S/C50H63N5O10S/c1-4-5-46(54-50(58)44(36-51)35-48-52-19-33-66-48)40-12-15-45(16-13-40)65-32-31-64-30-29-63-28-27-62-26-25-61-24-23-60-22-21-59-20-18-53-49(57)41-10-8-39(9-11-41)42-14-17-47-43(34-42)7-6-37(2)55(47)38(3)56/h8-17,19,33-35,37,46H,4-7,18,20-32H2,1-3H3,(H,53,57)(H,54,58)/b44-35+/t37-,46?/m0/s1. The number of carbonyl (C=O) groups excluding carboxylic acids is 3. The summed E-state index contributed by atoms with van der Waals surface area (Å²) in [6.45, 7) is 11.7. The van der Waals surface area contributed by atoms with Crippen LogP contribution in [-0.2, 0) is 44.4 Å². The van der Waals surface area contributed by atoms with Crippen molar-refractivity contribution in [2.75, 3.05) is 97.3 Å². The lowest BCUT2D eigenvalue weighted by Gasteiger charge is -2.34. The largest absolute Gasteiger partial charge is 0.491 e. The first-order valence-corrected chi connectivity index (χ1v) is 23.5. The molecule has 1 aliphatic heterocycles. The predicted molar refractivity (Wildman–Crippen MR) is 254 cm³/mol. The fourth-order valence-electron chi connectivity index (χ4n) is 7.21. The van der Waals surface area contributed by atoms with E-state index in [1.54, 1.807) is 18.5 Å². The lowest BCUT2D eigenvalue weighted by Crippen LogP contribution is -2.40. The van der Waals surface area contributed by atoms with Gasteiger partial charge in [-0.3, -0.25) is 14.4 Å². The fourth-order valence-corrected chi connectivity index (χ4v) is 7.77. The number of benzene rings is 3. The van der Waals surface area contributed by atoms with Gasteiger partial charge in [0.1, 0.15) is 29.0 Å². The topological polar surface area (TPSA) is 180 Å². The molecule has 0 saturated carbocycles. The van der Waals surface area contributed by atoms with Gasteiger partial charge < -0.3 is 48.7 Å². The maximum Gasteiger partial charge on any atom is 0.262 e. The van der Waals surface area contributed by atoms with Crippen LogP contribution in [0.25, 0.3) is 17.2 Å². The van der Waals surface area contributed by atoms with Gasteiger partial charge in [-0.1, -0.05) is 43.7 Å². The summed E-state index contributed by atoms with van der Waals surface area (Å²) in [6, 6.07) is 23.2. The highest BCUT2D eigenvalue weighted by Crippen LogP contribution is 2.34. The lowest BCUT2D eigenvalue weighted by molar-refractivity contribution is -0.118. The van der Waals surface area contributed by atoms with Crippen molar-refractivity contribution in [3.05, 3.63) is 106 Å². The van der Waals surface area contributed by atoms with Crippen molar-refractivity contribution in [2.24, 2.45) is 0 Å². The minimum absolute atomic E-state index is 0.0194. The van der Waals surface area contributed by atoms with E-state index < -0.39 is 5.91 Å². The molecule has 66 heavy (non-hydrogen) atoms.